The highest BCUT2D eigenvalue weighted by atomic mass is 19.1. The second-order valence-corrected chi connectivity index (χ2v) is 5.74. The lowest BCUT2D eigenvalue weighted by atomic mass is 10.0. The number of methoxy groups -OCH3 is 1. The van der Waals surface area contributed by atoms with Crippen LogP contribution < -0.4 is 10.2 Å². The van der Waals surface area contributed by atoms with E-state index in [1.807, 2.05) is 24.8 Å². The number of nitrogens with zero attached hydrogens (tertiary/aromatic N) is 1. The van der Waals surface area contributed by atoms with E-state index in [4.69, 9.17) is 4.74 Å². The van der Waals surface area contributed by atoms with Crippen LogP contribution in [-0.2, 0) is 9.53 Å². The molecule has 5 heteroatoms. The molecule has 21 heavy (non-hydrogen) atoms. The molecule has 0 spiro atoms. The third-order valence-corrected chi connectivity index (χ3v) is 3.80. The van der Waals surface area contributed by atoms with Gasteiger partial charge in [0.25, 0.3) is 0 Å². The first-order chi connectivity index (χ1) is 9.98. The van der Waals surface area contributed by atoms with Crippen LogP contribution in [-0.4, -0.2) is 37.7 Å². The van der Waals surface area contributed by atoms with Crippen LogP contribution in [0.25, 0.3) is 0 Å². The van der Waals surface area contributed by atoms with Crippen molar-refractivity contribution in [1.29, 1.82) is 0 Å². The SMILES string of the molecule is CCN(CC(C)(NC1CC1)C(=O)OC)c1cccc(F)c1. The summed E-state index contributed by atoms with van der Waals surface area (Å²) in [6, 6.07) is 6.80. The lowest BCUT2D eigenvalue weighted by molar-refractivity contribution is -0.147. The fraction of sp³-hybridized carbons (Fsp3) is 0.562. The molecule has 0 aromatic heterocycles. The minimum atomic E-state index is -0.793. The monoisotopic (exact) mass is 294 g/mol. The van der Waals surface area contributed by atoms with E-state index in [1.165, 1.54) is 19.2 Å². The summed E-state index contributed by atoms with van der Waals surface area (Å²) in [7, 11) is 1.40. The van der Waals surface area contributed by atoms with Crippen LogP contribution in [0.3, 0.4) is 0 Å². The van der Waals surface area contributed by atoms with Gasteiger partial charge in [-0.25, -0.2) is 9.18 Å². The molecular weight excluding hydrogens is 271 g/mol. The number of hydrogen-bond donors (Lipinski definition) is 1. The van der Waals surface area contributed by atoms with Crippen LogP contribution in [0.5, 0.6) is 0 Å². The van der Waals surface area contributed by atoms with Crippen LogP contribution >= 0.6 is 0 Å². The van der Waals surface area contributed by atoms with Gasteiger partial charge in [0.05, 0.1) is 7.11 Å². The Morgan fingerprint density at radius 3 is 2.76 bits per heavy atom. The van der Waals surface area contributed by atoms with Gasteiger partial charge in [0.2, 0.25) is 0 Å². The maximum atomic E-state index is 13.4. The predicted octanol–water partition coefficient (Wildman–Crippen LogP) is 2.34. The van der Waals surface area contributed by atoms with E-state index in [0.29, 0.717) is 19.1 Å². The predicted molar refractivity (Wildman–Crippen MR) is 80.9 cm³/mol. The van der Waals surface area contributed by atoms with E-state index in [-0.39, 0.29) is 11.8 Å². The van der Waals surface area contributed by atoms with E-state index in [9.17, 15) is 9.18 Å². The molecule has 0 saturated heterocycles. The van der Waals surface area contributed by atoms with Crippen molar-refractivity contribution in [3.8, 4) is 0 Å². The number of hydrogen-bond acceptors (Lipinski definition) is 4. The molecular formula is C16H23FN2O2. The third kappa shape index (κ3) is 3.94. The fourth-order valence-electron chi connectivity index (χ4n) is 2.51. The first kappa shape index (κ1) is 15.8. The van der Waals surface area contributed by atoms with E-state index in [0.717, 1.165) is 18.5 Å². The summed E-state index contributed by atoms with van der Waals surface area (Å²) in [5.74, 6) is -0.565. The molecule has 4 nitrogen and oxygen atoms in total. The second-order valence-electron chi connectivity index (χ2n) is 5.74. The van der Waals surface area contributed by atoms with Gasteiger partial charge in [0, 0.05) is 24.8 Å². The molecule has 1 aromatic rings. The minimum absolute atomic E-state index is 0.277. The summed E-state index contributed by atoms with van der Waals surface area (Å²) in [5, 5.41) is 3.36. The van der Waals surface area contributed by atoms with Crippen molar-refractivity contribution < 1.29 is 13.9 Å². The summed E-state index contributed by atoms with van der Waals surface area (Å²) >= 11 is 0. The summed E-state index contributed by atoms with van der Waals surface area (Å²) in [4.78, 5) is 14.1. The Balaban J connectivity index is 2.18. The Labute approximate surface area is 125 Å². The van der Waals surface area contributed by atoms with Crippen molar-refractivity contribution in [2.75, 3.05) is 25.1 Å². The zero-order valence-corrected chi connectivity index (χ0v) is 12.9. The highest BCUT2D eigenvalue weighted by molar-refractivity contribution is 5.81. The molecule has 1 atom stereocenters. The van der Waals surface area contributed by atoms with Crippen molar-refractivity contribution in [2.24, 2.45) is 0 Å². The van der Waals surface area contributed by atoms with Gasteiger partial charge >= 0.3 is 5.97 Å². The lowest BCUT2D eigenvalue weighted by Gasteiger charge is -2.35. The molecule has 2 rings (SSSR count). The highest BCUT2D eigenvalue weighted by Gasteiger charge is 2.40. The van der Waals surface area contributed by atoms with E-state index in [2.05, 4.69) is 5.32 Å². The topological polar surface area (TPSA) is 41.6 Å². The molecule has 1 aliphatic rings. The lowest BCUT2D eigenvalue weighted by Crippen LogP contribution is -2.58. The number of benzene rings is 1. The molecule has 1 fully saturated rings. The van der Waals surface area contributed by atoms with Crippen molar-refractivity contribution in [3.05, 3.63) is 30.1 Å². The van der Waals surface area contributed by atoms with Gasteiger partial charge in [-0.15, -0.1) is 0 Å². The summed E-state index contributed by atoms with van der Waals surface area (Å²) < 4.78 is 18.4. The van der Waals surface area contributed by atoms with Gasteiger partial charge in [-0.2, -0.15) is 0 Å². The number of likely N-dealkylation sites (N-methyl/N-ethyl adjacent to an activating group) is 1. The number of nitrogens with one attached hydrogen (secondary N) is 1. The van der Waals surface area contributed by atoms with Crippen LogP contribution in [0.2, 0.25) is 0 Å². The molecule has 116 valence electrons. The standard InChI is InChI=1S/C16H23FN2O2/c1-4-19(14-7-5-6-12(17)10-14)11-16(2,15(20)21-3)18-13-8-9-13/h5-7,10,13,18H,4,8-9,11H2,1-3H3. The van der Waals surface area contributed by atoms with Gasteiger partial charge < -0.3 is 9.64 Å². The molecule has 0 amide bonds. The zero-order valence-electron chi connectivity index (χ0n) is 12.9. The van der Waals surface area contributed by atoms with Gasteiger partial charge in [0.15, 0.2) is 0 Å². The minimum Gasteiger partial charge on any atom is -0.468 e. The molecule has 1 unspecified atom stereocenters. The average molecular weight is 294 g/mol. The summed E-state index contributed by atoms with van der Waals surface area (Å²) in [5.41, 5.74) is -0.0247. The maximum absolute atomic E-state index is 13.4. The van der Waals surface area contributed by atoms with Crippen molar-refractivity contribution in [3.63, 3.8) is 0 Å². The number of carbonyl (C=O) groups excluding carboxylic acids is 1. The average Bonchev–Trinajstić information content (AvgIpc) is 3.27. The molecule has 1 N–H and O–H groups in total. The number of carbonyl (C=O) groups is 1. The number of halogens is 1. The largest absolute Gasteiger partial charge is 0.468 e. The zero-order chi connectivity index (χ0) is 15.5. The molecule has 1 aromatic carbocycles. The Kier molecular flexibility index (Phi) is 4.83. The van der Waals surface area contributed by atoms with E-state index in [1.54, 1.807) is 6.07 Å². The molecule has 1 saturated carbocycles. The first-order valence-corrected chi connectivity index (χ1v) is 7.35. The van der Waals surface area contributed by atoms with Crippen molar-refractivity contribution >= 4 is 11.7 Å². The Bertz CT molecular complexity index is 505. The normalized spacial score (nSPS) is 17.1. The molecule has 0 heterocycles. The number of esters is 1. The number of rotatable bonds is 7. The number of ether oxygens (including phenoxy) is 1. The van der Waals surface area contributed by atoms with Crippen molar-refractivity contribution in [2.45, 2.75) is 38.3 Å². The van der Waals surface area contributed by atoms with Crippen LogP contribution in [0.15, 0.2) is 24.3 Å². The van der Waals surface area contributed by atoms with Crippen LogP contribution in [0, 0.1) is 5.82 Å². The Hall–Kier alpha value is -1.62. The quantitative estimate of drug-likeness (QED) is 0.784. The van der Waals surface area contributed by atoms with Gasteiger partial charge in [-0.1, -0.05) is 6.07 Å². The van der Waals surface area contributed by atoms with Gasteiger partial charge in [-0.05, 0) is 44.9 Å². The number of anilines is 1. The molecule has 0 bridgehead atoms. The van der Waals surface area contributed by atoms with Crippen LogP contribution in [0.4, 0.5) is 10.1 Å². The molecule has 0 radical (unpaired) electrons. The molecule has 1 aliphatic carbocycles. The third-order valence-electron chi connectivity index (χ3n) is 3.80. The smallest absolute Gasteiger partial charge is 0.327 e. The summed E-state index contributed by atoms with van der Waals surface area (Å²) in [6.07, 6.45) is 2.16. The highest BCUT2D eigenvalue weighted by Crippen LogP contribution is 2.25. The van der Waals surface area contributed by atoms with Crippen molar-refractivity contribution in [1.82, 2.24) is 5.32 Å². The second kappa shape index (κ2) is 6.43. The molecule has 0 aliphatic heterocycles. The Morgan fingerprint density at radius 2 is 2.24 bits per heavy atom. The fourth-order valence-corrected chi connectivity index (χ4v) is 2.51. The first-order valence-electron chi connectivity index (χ1n) is 7.35. The summed E-state index contributed by atoms with van der Waals surface area (Å²) in [6.45, 7) is 4.96. The maximum Gasteiger partial charge on any atom is 0.327 e. The van der Waals surface area contributed by atoms with Gasteiger partial charge in [-0.3, -0.25) is 5.32 Å². The Morgan fingerprint density at radius 1 is 1.52 bits per heavy atom. The van der Waals surface area contributed by atoms with E-state index >= 15 is 0 Å². The van der Waals surface area contributed by atoms with Gasteiger partial charge in [0.1, 0.15) is 11.4 Å². The van der Waals surface area contributed by atoms with Crippen LogP contribution in [0.1, 0.15) is 26.7 Å². The van der Waals surface area contributed by atoms with E-state index < -0.39 is 5.54 Å².